The fraction of sp³-hybridized carbons (Fsp3) is 0.0833. The molecule has 21 heavy (non-hydrogen) atoms. The lowest BCUT2D eigenvalue weighted by atomic mass is 10.3. The van der Waals surface area contributed by atoms with Crippen molar-refractivity contribution in [2.45, 2.75) is 4.90 Å². The summed E-state index contributed by atoms with van der Waals surface area (Å²) in [6, 6.07) is 4.02. The summed E-state index contributed by atoms with van der Waals surface area (Å²) >= 11 is 0. The molecule has 0 amide bonds. The first kappa shape index (κ1) is 14.9. The number of carboxylic acid groups (broad SMARTS) is 1. The molecule has 0 spiro atoms. The van der Waals surface area contributed by atoms with Crippen LogP contribution in [0.25, 0.3) is 0 Å². The van der Waals surface area contributed by atoms with Crippen LogP contribution >= 0.6 is 0 Å². The van der Waals surface area contributed by atoms with Crippen molar-refractivity contribution in [1.29, 1.82) is 0 Å². The molecule has 2 rings (SSSR count). The van der Waals surface area contributed by atoms with Gasteiger partial charge < -0.3 is 16.2 Å². The molecule has 0 saturated carbocycles. The van der Waals surface area contributed by atoms with Gasteiger partial charge in [0.25, 0.3) is 0 Å². The number of benzene rings is 1. The average Bonchev–Trinajstić information content (AvgIpc) is 2.37. The smallest absolute Gasteiger partial charge is 0.341 e. The first-order chi connectivity index (χ1) is 9.88. The Morgan fingerprint density at radius 2 is 2.19 bits per heavy atom. The van der Waals surface area contributed by atoms with E-state index in [1.165, 1.54) is 18.4 Å². The zero-order chi connectivity index (χ0) is 15.6. The highest BCUT2D eigenvalue weighted by molar-refractivity contribution is 7.84. The predicted molar refractivity (Wildman–Crippen MR) is 75.4 cm³/mol. The number of nitrogens with one attached hydrogen (secondary N) is 1. The van der Waals surface area contributed by atoms with E-state index >= 15 is 0 Å². The zero-order valence-electron chi connectivity index (χ0n) is 10.8. The van der Waals surface area contributed by atoms with E-state index in [1.54, 1.807) is 0 Å². The van der Waals surface area contributed by atoms with Crippen LogP contribution in [0.5, 0.6) is 0 Å². The minimum Gasteiger partial charge on any atom is -0.477 e. The van der Waals surface area contributed by atoms with Crippen molar-refractivity contribution in [3.05, 3.63) is 35.8 Å². The van der Waals surface area contributed by atoms with Crippen LogP contribution in [0.1, 0.15) is 10.4 Å². The Bertz CT molecular complexity index is 677. The van der Waals surface area contributed by atoms with Crippen molar-refractivity contribution in [1.82, 2.24) is 9.97 Å². The number of halogens is 1. The summed E-state index contributed by atoms with van der Waals surface area (Å²) in [6.45, 7) is 0. The highest BCUT2D eigenvalue weighted by Crippen LogP contribution is 2.20. The number of nitrogens with zero attached hydrogens (tertiary/aromatic N) is 2. The molecule has 0 aliphatic carbocycles. The topological polar surface area (TPSA) is 118 Å². The van der Waals surface area contributed by atoms with Gasteiger partial charge >= 0.3 is 5.97 Å². The van der Waals surface area contributed by atoms with E-state index in [-0.39, 0.29) is 22.2 Å². The van der Waals surface area contributed by atoms with E-state index < -0.39 is 22.6 Å². The van der Waals surface area contributed by atoms with E-state index in [2.05, 4.69) is 15.3 Å². The fourth-order valence-corrected chi connectivity index (χ4v) is 2.15. The Morgan fingerprint density at radius 1 is 1.48 bits per heavy atom. The molecule has 1 aromatic heterocycles. The summed E-state index contributed by atoms with van der Waals surface area (Å²) in [6.07, 6.45) is 2.43. The second-order valence-corrected chi connectivity index (χ2v) is 5.37. The number of rotatable bonds is 4. The SMILES string of the molecule is CS(=O)c1ccc(Nc2ncc(C(=O)O)c(N)n2)cc1F. The molecule has 0 bridgehead atoms. The Hall–Kier alpha value is -2.55. The van der Waals surface area contributed by atoms with Crippen LogP contribution in [-0.4, -0.2) is 31.5 Å². The Morgan fingerprint density at radius 3 is 2.71 bits per heavy atom. The molecular formula is C12H11FN4O3S. The van der Waals surface area contributed by atoms with Crippen LogP contribution in [0.4, 0.5) is 21.8 Å². The third-order valence-corrected chi connectivity index (χ3v) is 3.50. The van der Waals surface area contributed by atoms with Crippen LogP contribution < -0.4 is 11.1 Å². The van der Waals surface area contributed by atoms with E-state index in [9.17, 15) is 13.4 Å². The Balaban J connectivity index is 2.26. The van der Waals surface area contributed by atoms with Crippen LogP contribution in [0.2, 0.25) is 0 Å². The zero-order valence-corrected chi connectivity index (χ0v) is 11.6. The molecule has 0 saturated heterocycles. The molecule has 2 aromatic rings. The quantitative estimate of drug-likeness (QED) is 0.780. The molecule has 9 heteroatoms. The van der Waals surface area contributed by atoms with E-state index in [0.717, 1.165) is 12.3 Å². The standard InChI is InChI=1S/C12H11FN4O3S/c1-21(20)9-3-2-6(4-8(9)13)16-12-15-5-7(11(18)19)10(14)17-12/h2-5H,1H3,(H,18,19)(H3,14,15,16,17). The summed E-state index contributed by atoms with van der Waals surface area (Å²) in [7, 11) is -1.43. The summed E-state index contributed by atoms with van der Waals surface area (Å²) < 4.78 is 24.9. The highest BCUT2D eigenvalue weighted by atomic mass is 32.2. The van der Waals surface area contributed by atoms with Gasteiger partial charge in [0.2, 0.25) is 5.95 Å². The second-order valence-electron chi connectivity index (χ2n) is 4.02. The highest BCUT2D eigenvalue weighted by Gasteiger charge is 2.12. The largest absolute Gasteiger partial charge is 0.477 e. The van der Waals surface area contributed by atoms with E-state index in [1.807, 2.05) is 0 Å². The monoisotopic (exact) mass is 310 g/mol. The lowest BCUT2D eigenvalue weighted by Crippen LogP contribution is -2.08. The maximum absolute atomic E-state index is 13.7. The number of carboxylic acids is 1. The van der Waals surface area contributed by atoms with Crippen molar-refractivity contribution in [3.8, 4) is 0 Å². The molecule has 0 aliphatic heterocycles. The average molecular weight is 310 g/mol. The first-order valence-corrected chi connectivity index (χ1v) is 7.20. The van der Waals surface area contributed by atoms with E-state index in [0.29, 0.717) is 5.69 Å². The van der Waals surface area contributed by atoms with Gasteiger partial charge in [-0.2, -0.15) is 4.98 Å². The van der Waals surface area contributed by atoms with Crippen molar-refractivity contribution < 1.29 is 18.5 Å². The lowest BCUT2D eigenvalue weighted by Gasteiger charge is -2.07. The molecule has 1 heterocycles. The van der Waals surface area contributed by atoms with Gasteiger partial charge in [0, 0.05) is 18.1 Å². The predicted octanol–water partition coefficient (Wildman–Crippen LogP) is 1.38. The van der Waals surface area contributed by atoms with Crippen molar-refractivity contribution in [2.75, 3.05) is 17.3 Å². The number of aromatic nitrogens is 2. The molecule has 1 aromatic carbocycles. The van der Waals surface area contributed by atoms with Gasteiger partial charge in [-0.3, -0.25) is 4.21 Å². The van der Waals surface area contributed by atoms with Crippen LogP contribution in [0.3, 0.4) is 0 Å². The van der Waals surface area contributed by atoms with Crippen molar-refractivity contribution in [2.24, 2.45) is 0 Å². The molecule has 1 atom stereocenters. The van der Waals surface area contributed by atoms with E-state index in [4.69, 9.17) is 10.8 Å². The second kappa shape index (κ2) is 5.83. The summed E-state index contributed by atoms with van der Waals surface area (Å²) in [5.41, 5.74) is 5.59. The van der Waals surface area contributed by atoms with Crippen molar-refractivity contribution >= 4 is 34.2 Å². The molecule has 0 radical (unpaired) electrons. The van der Waals surface area contributed by atoms with Gasteiger partial charge in [-0.15, -0.1) is 0 Å². The first-order valence-electron chi connectivity index (χ1n) is 5.64. The molecule has 110 valence electrons. The maximum Gasteiger partial charge on any atom is 0.341 e. The lowest BCUT2D eigenvalue weighted by molar-refractivity contribution is 0.0697. The molecule has 0 fully saturated rings. The van der Waals surface area contributed by atoms with Gasteiger partial charge in [0.15, 0.2) is 0 Å². The maximum atomic E-state index is 13.7. The minimum absolute atomic E-state index is 0.0299. The Labute approximate surface area is 121 Å². The number of nitrogen functional groups attached to an aromatic ring is 1. The fourth-order valence-electron chi connectivity index (χ4n) is 1.56. The number of hydrogen-bond donors (Lipinski definition) is 3. The number of hydrogen-bond acceptors (Lipinski definition) is 6. The van der Waals surface area contributed by atoms with Crippen LogP contribution in [-0.2, 0) is 10.8 Å². The number of nitrogens with two attached hydrogens (primary N) is 1. The molecule has 1 unspecified atom stereocenters. The van der Waals surface area contributed by atoms with Crippen molar-refractivity contribution in [3.63, 3.8) is 0 Å². The van der Waals surface area contributed by atoms with Crippen LogP contribution in [0.15, 0.2) is 29.3 Å². The van der Waals surface area contributed by atoms with Gasteiger partial charge in [-0.25, -0.2) is 14.2 Å². The molecule has 0 aliphatic rings. The number of aromatic carboxylic acids is 1. The van der Waals surface area contributed by atoms with Gasteiger partial charge in [0.05, 0.1) is 15.7 Å². The van der Waals surface area contributed by atoms with Crippen LogP contribution in [0, 0.1) is 5.82 Å². The summed E-state index contributed by atoms with van der Waals surface area (Å²) in [4.78, 5) is 18.4. The Kier molecular flexibility index (Phi) is 4.13. The number of anilines is 3. The summed E-state index contributed by atoms with van der Waals surface area (Å²) in [5, 5.41) is 11.5. The molecule has 4 N–H and O–H groups in total. The minimum atomic E-state index is -1.43. The molecule has 7 nitrogen and oxygen atoms in total. The normalized spacial score (nSPS) is 11.9. The third-order valence-electron chi connectivity index (χ3n) is 2.55. The third kappa shape index (κ3) is 3.31. The van der Waals surface area contributed by atoms with Gasteiger partial charge in [-0.1, -0.05) is 0 Å². The molecular weight excluding hydrogens is 299 g/mol. The van der Waals surface area contributed by atoms with Gasteiger partial charge in [0.1, 0.15) is 17.2 Å². The number of carbonyl (C=O) groups is 1. The summed E-state index contributed by atoms with van der Waals surface area (Å²) in [5.74, 6) is -2.04. The van der Waals surface area contributed by atoms with Gasteiger partial charge in [-0.05, 0) is 18.2 Å².